The first-order valence-electron chi connectivity index (χ1n) is 7.59. The molecule has 1 rings (SSSR count). The number of amides is 1. The summed E-state index contributed by atoms with van der Waals surface area (Å²) in [5.74, 6) is -1.32. The number of ketones is 1. The van der Waals surface area contributed by atoms with Gasteiger partial charge in [0.1, 0.15) is 12.1 Å². The van der Waals surface area contributed by atoms with Crippen molar-refractivity contribution in [1.29, 1.82) is 5.41 Å². The van der Waals surface area contributed by atoms with Gasteiger partial charge in [0, 0.05) is 13.0 Å². The SMILES string of the molecule is CC(C)OC(=O)[C@H](CCC(=O)C=N)NC(=O)[C@@H]1CCCCO1. The molecule has 7 heteroatoms. The monoisotopic (exact) mass is 312 g/mol. The summed E-state index contributed by atoms with van der Waals surface area (Å²) in [6.45, 7) is 3.96. The van der Waals surface area contributed by atoms with Gasteiger partial charge < -0.3 is 20.2 Å². The summed E-state index contributed by atoms with van der Waals surface area (Å²) in [5.41, 5.74) is 0. The third-order valence-electron chi connectivity index (χ3n) is 3.27. The number of carbonyl (C=O) groups excluding carboxylic acids is 3. The highest BCUT2D eigenvalue weighted by Gasteiger charge is 2.28. The minimum Gasteiger partial charge on any atom is -0.461 e. The number of ether oxygens (including phenoxy) is 2. The number of hydrogen-bond donors (Lipinski definition) is 2. The lowest BCUT2D eigenvalue weighted by molar-refractivity contribution is -0.153. The highest BCUT2D eigenvalue weighted by Crippen LogP contribution is 2.13. The largest absolute Gasteiger partial charge is 0.461 e. The van der Waals surface area contributed by atoms with Gasteiger partial charge in [0.15, 0.2) is 5.78 Å². The van der Waals surface area contributed by atoms with Crippen LogP contribution in [0.3, 0.4) is 0 Å². The Hall–Kier alpha value is -1.76. The van der Waals surface area contributed by atoms with Crippen molar-refractivity contribution in [1.82, 2.24) is 5.32 Å². The summed E-state index contributed by atoms with van der Waals surface area (Å²) in [7, 11) is 0. The second-order valence-electron chi connectivity index (χ2n) is 5.55. The van der Waals surface area contributed by atoms with E-state index in [1.54, 1.807) is 13.8 Å². The molecule has 2 atom stereocenters. The molecule has 0 aliphatic carbocycles. The molecule has 0 saturated carbocycles. The van der Waals surface area contributed by atoms with Crippen LogP contribution >= 0.6 is 0 Å². The van der Waals surface area contributed by atoms with Crippen LogP contribution < -0.4 is 5.32 Å². The average Bonchev–Trinajstić information content (AvgIpc) is 2.50. The van der Waals surface area contributed by atoms with Crippen molar-refractivity contribution >= 4 is 23.9 Å². The second-order valence-corrected chi connectivity index (χ2v) is 5.55. The van der Waals surface area contributed by atoms with E-state index in [-0.39, 0.29) is 24.9 Å². The van der Waals surface area contributed by atoms with Gasteiger partial charge in [0.05, 0.1) is 12.3 Å². The van der Waals surface area contributed by atoms with Gasteiger partial charge >= 0.3 is 5.97 Å². The predicted molar refractivity (Wildman–Crippen MR) is 79.8 cm³/mol. The second kappa shape index (κ2) is 9.30. The fraction of sp³-hybridized carbons (Fsp3) is 0.733. The van der Waals surface area contributed by atoms with Crippen LogP contribution in [0, 0.1) is 5.41 Å². The number of rotatable bonds is 8. The van der Waals surface area contributed by atoms with Crippen molar-refractivity contribution in [3.8, 4) is 0 Å². The van der Waals surface area contributed by atoms with Crippen LogP contribution in [0.5, 0.6) is 0 Å². The lowest BCUT2D eigenvalue weighted by Gasteiger charge is -2.25. The van der Waals surface area contributed by atoms with Gasteiger partial charge in [0.2, 0.25) is 5.91 Å². The van der Waals surface area contributed by atoms with E-state index in [9.17, 15) is 14.4 Å². The van der Waals surface area contributed by atoms with Crippen LogP contribution in [0.25, 0.3) is 0 Å². The molecule has 7 nitrogen and oxygen atoms in total. The third-order valence-corrected chi connectivity index (χ3v) is 3.27. The van der Waals surface area contributed by atoms with Crippen LogP contribution in [-0.2, 0) is 23.9 Å². The summed E-state index contributed by atoms with van der Waals surface area (Å²) in [4.78, 5) is 35.4. The smallest absolute Gasteiger partial charge is 0.328 e. The van der Waals surface area contributed by atoms with Crippen LogP contribution in [0.1, 0.15) is 46.0 Å². The van der Waals surface area contributed by atoms with E-state index in [0.717, 1.165) is 12.8 Å². The standard InChI is InChI=1S/C15H24N2O5/c1-10(2)22-15(20)12(7-6-11(18)9-16)17-14(19)13-5-3-4-8-21-13/h9-10,12-13,16H,3-8H2,1-2H3,(H,17,19)/t12-,13-/m0/s1. The maximum Gasteiger partial charge on any atom is 0.328 e. The molecule has 1 aliphatic heterocycles. The first kappa shape index (κ1) is 18.3. The molecule has 0 aromatic carbocycles. The average molecular weight is 312 g/mol. The van der Waals surface area contributed by atoms with E-state index >= 15 is 0 Å². The van der Waals surface area contributed by atoms with E-state index in [2.05, 4.69) is 5.32 Å². The lowest BCUT2D eigenvalue weighted by atomic mass is 10.1. The van der Waals surface area contributed by atoms with Gasteiger partial charge in [0.25, 0.3) is 0 Å². The molecule has 1 saturated heterocycles. The summed E-state index contributed by atoms with van der Waals surface area (Å²) in [5, 5.41) is 9.48. The highest BCUT2D eigenvalue weighted by atomic mass is 16.5. The summed E-state index contributed by atoms with van der Waals surface area (Å²) < 4.78 is 10.5. The Kier molecular flexibility index (Phi) is 7.73. The molecule has 22 heavy (non-hydrogen) atoms. The number of hydrogen-bond acceptors (Lipinski definition) is 6. The fourth-order valence-corrected chi connectivity index (χ4v) is 2.13. The van der Waals surface area contributed by atoms with Gasteiger partial charge in [-0.1, -0.05) is 0 Å². The number of nitrogens with one attached hydrogen (secondary N) is 2. The molecular formula is C15H24N2O5. The van der Waals surface area contributed by atoms with Crippen LogP contribution in [0.15, 0.2) is 0 Å². The fourth-order valence-electron chi connectivity index (χ4n) is 2.13. The van der Waals surface area contributed by atoms with E-state index in [1.165, 1.54) is 0 Å². The molecule has 0 aromatic heterocycles. The lowest BCUT2D eigenvalue weighted by Crippen LogP contribution is -2.48. The van der Waals surface area contributed by atoms with Crippen molar-refractivity contribution in [2.45, 2.75) is 64.2 Å². The summed E-state index contributed by atoms with van der Waals surface area (Å²) in [6.07, 6.45) is 2.42. The minimum absolute atomic E-state index is 0.00711. The van der Waals surface area contributed by atoms with Crippen molar-refractivity contribution in [3.05, 3.63) is 0 Å². The maximum absolute atomic E-state index is 12.1. The molecule has 0 bridgehead atoms. The third kappa shape index (κ3) is 6.34. The van der Waals surface area contributed by atoms with Gasteiger partial charge in [-0.25, -0.2) is 4.79 Å². The normalized spacial score (nSPS) is 19.3. The number of Topliss-reactive ketones (excluding diaryl/α,β-unsaturated/α-hetero) is 1. The Labute approximate surface area is 130 Å². The molecule has 1 aliphatic rings. The van der Waals surface area contributed by atoms with Gasteiger partial charge in [-0.05, 0) is 39.5 Å². The zero-order valence-corrected chi connectivity index (χ0v) is 13.1. The van der Waals surface area contributed by atoms with Crippen molar-refractivity contribution < 1.29 is 23.9 Å². The highest BCUT2D eigenvalue weighted by molar-refractivity contribution is 6.26. The molecule has 2 N–H and O–H groups in total. The van der Waals surface area contributed by atoms with Crippen molar-refractivity contribution in [2.75, 3.05) is 6.61 Å². The van der Waals surface area contributed by atoms with E-state index in [0.29, 0.717) is 19.2 Å². The Balaban J connectivity index is 2.62. The number of esters is 1. The predicted octanol–water partition coefficient (Wildman–Crippen LogP) is 0.991. The van der Waals surface area contributed by atoms with Crippen molar-refractivity contribution in [3.63, 3.8) is 0 Å². The Morgan fingerprint density at radius 2 is 2.09 bits per heavy atom. The molecule has 124 valence electrons. The van der Waals surface area contributed by atoms with Gasteiger partial charge in [-0.15, -0.1) is 0 Å². The van der Waals surface area contributed by atoms with E-state index in [4.69, 9.17) is 14.9 Å². The Bertz CT molecular complexity index is 416. The van der Waals surface area contributed by atoms with Gasteiger partial charge in [-0.3, -0.25) is 9.59 Å². The summed E-state index contributed by atoms with van der Waals surface area (Å²) >= 11 is 0. The first-order chi connectivity index (χ1) is 10.4. The Morgan fingerprint density at radius 1 is 1.36 bits per heavy atom. The van der Waals surface area contributed by atoms with Crippen LogP contribution in [0.4, 0.5) is 0 Å². The molecule has 0 unspecified atom stereocenters. The molecule has 1 amide bonds. The van der Waals surface area contributed by atoms with Crippen LogP contribution in [-0.4, -0.2) is 48.7 Å². The van der Waals surface area contributed by atoms with Gasteiger partial charge in [-0.2, -0.15) is 0 Å². The molecule has 0 spiro atoms. The molecule has 0 aromatic rings. The van der Waals surface area contributed by atoms with E-state index < -0.39 is 23.9 Å². The molecule has 1 fully saturated rings. The Morgan fingerprint density at radius 3 is 2.64 bits per heavy atom. The summed E-state index contributed by atoms with van der Waals surface area (Å²) in [6, 6.07) is -0.899. The maximum atomic E-state index is 12.1. The quantitative estimate of drug-likeness (QED) is 0.513. The van der Waals surface area contributed by atoms with Crippen LogP contribution in [0.2, 0.25) is 0 Å². The first-order valence-corrected chi connectivity index (χ1v) is 7.59. The molecular weight excluding hydrogens is 288 g/mol. The zero-order chi connectivity index (χ0) is 16.5. The molecule has 1 heterocycles. The topological polar surface area (TPSA) is 106 Å². The van der Waals surface area contributed by atoms with E-state index in [1.807, 2.05) is 0 Å². The van der Waals surface area contributed by atoms with Crippen molar-refractivity contribution in [2.24, 2.45) is 0 Å². The molecule has 0 radical (unpaired) electrons. The number of carbonyl (C=O) groups is 3. The zero-order valence-electron chi connectivity index (χ0n) is 13.1. The minimum atomic E-state index is -0.899.